The van der Waals surface area contributed by atoms with Crippen LogP contribution in [0.2, 0.25) is 0 Å². The number of hydrogen-bond acceptors (Lipinski definition) is 2. The molecule has 0 bridgehead atoms. The van der Waals surface area contributed by atoms with Crippen molar-refractivity contribution in [1.82, 2.24) is 10.6 Å². The second kappa shape index (κ2) is 6.71. The molecule has 3 nitrogen and oxygen atoms in total. The molecule has 0 aliphatic rings. The van der Waals surface area contributed by atoms with E-state index < -0.39 is 0 Å². The van der Waals surface area contributed by atoms with Gasteiger partial charge in [0.1, 0.15) is 0 Å². The fourth-order valence-electron chi connectivity index (χ4n) is 2.00. The van der Waals surface area contributed by atoms with Gasteiger partial charge in [0.25, 0.3) is 0 Å². The Hall–Kier alpha value is -2.13. The van der Waals surface area contributed by atoms with Crippen molar-refractivity contribution >= 4 is 5.91 Å². The molecular weight excluding hydrogens is 236 g/mol. The Morgan fingerprint density at radius 3 is 1.84 bits per heavy atom. The van der Waals surface area contributed by atoms with Crippen LogP contribution in [0.4, 0.5) is 0 Å². The Bertz CT molecular complexity index is 471. The quantitative estimate of drug-likeness (QED) is 0.805. The van der Waals surface area contributed by atoms with Gasteiger partial charge in [0.15, 0.2) is 0 Å². The molecule has 2 aromatic carbocycles. The van der Waals surface area contributed by atoms with E-state index in [1.165, 1.54) is 18.1 Å². The number of benzene rings is 2. The van der Waals surface area contributed by atoms with E-state index >= 15 is 0 Å². The zero-order chi connectivity index (χ0) is 13.5. The lowest BCUT2D eigenvalue weighted by molar-refractivity contribution is -0.119. The summed E-state index contributed by atoms with van der Waals surface area (Å²) in [6, 6.07) is 20.5. The minimum atomic E-state index is -0.0348. The van der Waals surface area contributed by atoms with Gasteiger partial charge < -0.3 is 5.32 Å². The minimum absolute atomic E-state index is 0.0348. The van der Waals surface area contributed by atoms with Crippen LogP contribution in [0.25, 0.3) is 0 Å². The van der Waals surface area contributed by atoms with Gasteiger partial charge in [-0.25, -0.2) is 0 Å². The molecule has 0 atom stereocenters. The molecule has 0 fully saturated rings. The third-order valence-electron chi connectivity index (χ3n) is 2.91. The lowest BCUT2D eigenvalue weighted by Gasteiger charge is -2.20. The van der Waals surface area contributed by atoms with Gasteiger partial charge >= 0.3 is 0 Å². The van der Waals surface area contributed by atoms with E-state index in [1.54, 1.807) is 0 Å². The van der Waals surface area contributed by atoms with Crippen molar-refractivity contribution in [2.24, 2.45) is 0 Å². The van der Waals surface area contributed by atoms with Crippen LogP contribution in [0.5, 0.6) is 0 Å². The lowest BCUT2D eigenvalue weighted by Crippen LogP contribution is -2.35. The molecule has 2 N–H and O–H groups in total. The van der Waals surface area contributed by atoms with E-state index in [0.717, 1.165) is 0 Å². The Labute approximate surface area is 113 Å². The summed E-state index contributed by atoms with van der Waals surface area (Å²) in [6.45, 7) is 1.96. The van der Waals surface area contributed by atoms with Crippen molar-refractivity contribution in [2.75, 3.05) is 6.67 Å². The average Bonchev–Trinajstić information content (AvgIpc) is 2.45. The zero-order valence-electron chi connectivity index (χ0n) is 11.0. The number of amides is 1. The molecule has 0 saturated heterocycles. The number of hydrogen-bond donors (Lipinski definition) is 2. The Balaban J connectivity index is 2.17. The molecule has 0 aromatic heterocycles. The average molecular weight is 254 g/mol. The summed E-state index contributed by atoms with van der Waals surface area (Å²) in [6.07, 6.45) is 0. The first-order valence-corrected chi connectivity index (χ1v) is 6.35. The summed E-state index contributed by atoms with van der Waals surface area (Å²) >= 11 is 0. The predicted molar refractivity (Wildman–Crippen MR) is 76.5 cm³/mol. The maximum absolute atomic E-state index is 10.9. The van der Waals surface area contributed by atoms with Crippen molar-refractivity contribution in [3.8, 4) is 0 Å². The molecule has 0 unspecified atom stereocenters. The van der Waals surface area contributed by atoms with Crippen LogP contribution in [0.15, 0.2) is 60.7 Å². The summed E-state index contributed by atoms with van der Waals surface area (Å²) in [5.74, 6) is -0.0348. The van der Waals surface area contributed by atoms with Crippen LogP contribution in [0, 0.1) is 0 Å². The lowest BCUT2D eigenvalue weighted by atomic mass is 9.99. The van der Waals surface area contributed by atoms with Crippen molar-refractivity contribution in [1.29, 1.82) is 0 Å². The summed E-state index contributed by atoms with van der Waals surface area (Å²) < 4.78 is 0. The van der Waals surface area contributed by atoms with E-state index in [-0.39, 0.29) is 11.9 Å². The van der Waals surface area contributed by atoms with Crippen LogP contribution < -0.4 is 10.6 Å². The first kappa shape index (κ1) is 13.3. The third kappa shape index (κ3) is 3.93. The smallest absolute Gasteiger partial charge is 0.217 e. The number of rotatable bonds is 5. The van der Waals surface area contributed by atoms with Crippen LogP contribution in [0.1, 0.15) is 24.1 Å². The van der Waals surface area contributed by atoms with Crippen molar-refractivity contribution in [2.45, 2.75) is 13.0 Å². The molecule has 0 heterocycles. The standard InChI is InChI=1S/C16H18N2O/c1-13(19)17-12-18-16(14-8-4-2-5-9-14)15-10-6-3-7-11-15/h2-11,16,18H,12H2,1H3,(H,17,19). The second-order valence-electron chi connectivity index (χ2n) is 4.37. The highest BCUT2D eigenvalue weighted by atomic mass is 16.1. The first-order valence-electron chi connectivity index (χ1n) is 6.35. The second-order valence-corrected chi connectivity index (χ2v) is 4.37. The van der Waals surface area contributed by atoms with Crippen LogP contribution in [-0.4, -0.2) is 12.6 Å². The van der Waals surface area contributed by atoms with Crippen LogP contribution in [-0.2, 0) is 4.79 Å². The highest BCUT2D eigenvalue weighted by Gasteiger charge is 2.12. The minimum Gasteiger partial charge on any atom is -0.344 e. The summed E-state index contributed by atoms with van der Waals surface area (Å²) in [7, 11) is 0. The van der Waals surface area contributed by atoms with Crippen molar-refractivity contribution in [3.63, 3.8) is 0 Å². The molecule has 2 aromatic rings. The van der Waals surface area contributed by atoms with Crippen LogP contribution in [0.3, 0.4) is 0 Å². The molecule has 0 radical (unpaired) electrons. The van der Waals surface area contributed by atoms with Gasteiger partial charge in [-0.05, 0) is 11.1 Å². The van der Waals surface area contributed by atoms with Crippen molar-refractivity contribution < 1.29 is 4.79 Å². The predicted octanol–water partition coefficient (Wildman–Crippen LogP) is 2.46. The van der Waals surface area contributed by atoms with Gasteiger partial charge in [-0.1, -0.05) is 60.7 Å². The maximum Gasteiger partial charge on any atom is 0.217 e. The van der Waals surface area contributed by atoms with Gasteiger partial charge in [-0.3, -0.25) is 10.1 Å². The molecule has 0 spiro atoms. The topological polar surface area (TPSA) is 41.1 Å². The summed E-state index contributed by atoms with van der Waals surface area (Å²) in [5.41, 5.74) is 2.36. The van der Waals surface area contributed by atoms with E-state index in [2.05, 4.69) is 34.9 Å². The molecule has 3 heteroatoms. The SMILES string of the molecule is CC(=O)NCNC(c1ccccc1)c1ccccc1. The largest absolute Gasteiger partial charge is 0.344 e. The van der Waals surface area contributed by atoms with Gasteiger partial charge in [0, 0.05) is 6.92 Å². The van der Waals surface area contributed by atoms with E-state index in [9.17, 15) is 4.79 Å². The van der Waals surface area contributed by atoms with E-state index in [0.29, 0.717) is 6.67 Å². The Kier molecular flexibility index (Phi) is 4.70. The van der Waals surface area contributed by atoms with Gasteiger partial charge in [-0.2, -0.15) is 0 Å². The number of nitrogens with one attached hydrogen (secondary N) is 2. The van der Waals surface area contributed by atoms with Gasteiger partial charge in [0.2, 0.25) is 5.91 Å². The third-order valence-corrected chi connectivity index (χ3v) is 2.91. The summed E-state index contributed by atoms with van der Waals surface area (Å²) in [5, 5.41) is 6.12. The van der Waals surface area contributed by atoms with Crippen molar-refractivity contribution in [3.05, 3.63) is 71.8 Å². The maximum atomic E-state index is 10.9. The summed E-state index contributed by atoms with van der Waals surface area (Å²) in [4.78, 5) is 10.9. The molecule has 2 rings (SSSR count). The van der Waals surface area contributed by atoms with E-state index in [4.69, 9.17) is 0 Å². The Morgan fingerprint density at radius 2 is 1.42 bits per heavy atom. The van der Waals surface area contributed by atoms with Gasteiger partial charge in [0.05, 0.1) is 12.7 Å². The normalized spacial score (nSPS) is 10.4. The Morgan fingerprint density at radius 1 is 0.947 bits per heavy atom. The monoisotopic (exact) mass is 254 g/mol. The molecule has 0 saturated carbocycles. The highest BCUT2D eigenvalue weighted by Crippen LogP contribution is 2.21. The van der Waals surface area contributed by atoms with Crippen LogP contribution >= 0.6 is 0 Å². The first-order chi connectivity index (χ1) is 9.27. The number of carbonyl (C=O) groups is 1. The molecule has 0 aliphatic heterocycles. The molecule has 98 valence electrons. The molecule has 19 heavy (non-hydrogen) atoms. The molecule has 0 aliphatic carbocycles. The fraction of sp³-hybridized carbons (Fsp3) is 0.188. The molecular formula is C16H18N2O. The fourth-order valence-corrected chi connectivity index (χ4v) is 2.00. The van der Waals surface area contributed by atoms with Gasteiger partial charge in [-0.15, -0.1) is 0 Å². The number of carbonyl (C=O) groups excluding carboxylic acids is 1. The highest BCUT2D eigenvalue weighted by molar-refractivity contribution is 5.72. The molecule has 1 amide bonds. The van der Waals surface area contributed by atoms with E-state index in [1.807, 2.05) is 36.4 Å². The zero-order valence-corrected chi connectivity index (χ0v) is 11.0.